The maximum Gasteiger partial charge on any atom is 0.356 e. The van der Waals surface area contributed by atoms with Crippen LogP contribution in [0, 0.1) is 0 Å². The van der Waals surface area contributed by atoms with Crippen LogP contribution in [-0.2, 0) is 9.53 Å². The number of aliphatic imine (C=N–C) groups is 2. The SMILES string of the molecule is CCOC(=O)C1=NC2=Nc3ccccc3C2C=C1. The molecule has 4 nitrogen and oxygen atoms in total. The van der Waals surface area contributed by atoms with Gasteiger partial charge in [0.05, 0.1) is 18.2 Å². The van der Waals surface area contributed by atoms with Crippen molar-refractivity contribution < 1.29 is 9.53 Å². The van der Waals surface area contributed by atoms with Crippen molar-refractivity contribution in [3.63, 3.8) is 0 Å². The largest absolute Gasteiger partial charge is 0.461 e. The molecule has 2 aliphatic heterocycles. The molecule has 0 amide bonds. The maximum absolute atomic E-state index is 11.6. The molecule has 0 aliphatic carbocycles. The lowest BCUT2D eigenvalue weighted by atomic mass is 9.96. The highest BCUT2D eigenvalue weighted by Gasteiger charge is 2.28. The Morgan fingerprint density at radius 3 is 3.00 bits per heavy atom. The summed E-state index contributed by atoms with van der Waals surface area (Å²) in [7, 11) is 0. The summed E-state index contributed by atoms with van der Waals surface area (Å²) in [4.78, 5) is 20.3. The van der Waals surface area contributed by atoms with Gasteiger partial charge < -0.3 is 4.74 Å². The lowest BCUT2D eigenvalue weighted by Crippen LogP contribution is -2.21. The molecule has 0 saturated carbocycles. The fraction of sp³-hybridized carbons (Fsp3) is 0.214. The Labute approximate surface area is 105 Å². The molecule has 0 N–H and O–H groups in total. The molecule has 3 rings (SSSR count). The van der Waals surface area contributed by atoms with Gasteiger partial charge >= 0.3 is 5.97 Å². The third-order valence-electron chi connectivity index (χ3n) is 2.95. The second-order valence-electron chi connectivity index (χ2n) is 4.08. The van der Waals surface area contributed by atoms with Crippen LogP contribution >= 0.6 is 0 Å². The molecule has 2 aliphatic rings. The van der Waals surface area contributed by atoms with Gasteiger partial charge in [-0.05, 0) is 24.6 Å². The van der Waals surface area contributed by atoms with Crippen LogP contribution in [0.1, 0.15) is 18.4 Å². The minimum Gasteiger partial charge on any atom is -0.461 e. The van der Waals surface area contributed by atoms with Crippen LogP contribution in [-0.4, -0.2) is 24.1 Å². The van der Waals surface area contributed by atoms with Crippen molar-refractivity contribution in [2.45, 2.75) is 12.8 Å². The summed E-state index contributed by atoms with van der Waals surface area (Å²) in [6.07, 6.45) is 3.66. The average molecular weight is 240 g/mol. The zero-order chi connectivity index (χ0) is 12.5. The minimum absolute atomic E-state index is 0.0689. The molecule has 1 atom stereocenters. The molecule has 1 aromatic carbocycles. The number of fused-ring (bicyclic) bond motifs is 3. The van der Waals surface area contributed by atoms with E-state index in [-0.39, 0.29) is 5.92 Å². The van der Waals surface area contributed by atoms with Crippen molar-refractivity contribution in [1.29, 1.82) is 0 Å². The standard InChI is InChI=1S/C14H12N2O2/c1-2-18-14(17)12-8-7-10-9-5-3-4-6-11(9)15-13(10)16-12/h3-8,10H,2H2,1H3. The second-order valence-corrected chi connectivity index (χ2v) is 4.08. The Kier molecular flexibility index (Phi) is 2.55. The number of dihydropyridines is 1. The quantitative estimate of drug-likeness (QED) is 0.745. The number of carbonyl (C=O) groups excluding carboxylic acids is 1. The smallest absolute Gasteiger partial charge is 0.356 e. The van der Waals surface area contributed by atoms with Crippen LogP contribution < -0.4 is 0 Å². The van der Waals surface area contributed by atoms with E-state index in [4.69, 9.17) is 4.74 Å². The van der Waals surface area contributed by atoms with Gasteiger partial charge in [-0.15, -0.1) is 0 Å². The Balaban J connectivity index is 1.94. The van der Waals surface area contributed by atoms with Gasteiger partial charge in [-0.2, -0.15) is 0 Å². The van der Waals surface area contributed by atoms with Crippen molar-refractivity contribution in [2.75, 3.05) is 6.61 Å². The summed E-state index contributed by atoms with van der Waals surface area (Å²) >= 11 is 0. The molecule has 0 fully saturated rings. The van der Waals surface area contributed by atoms with Crippen molar-refractivity contribution in [1.82, 2.24) is 0 Å². The van der Waals surface area contributed by atoms with Crippen LogP contribution in [0.2, 0.25) is 0 Å². The van der Waals surface area contributed by atoms with E-state index in [0.29, 0.717) is 18.2 Å². The normalized spacial score (nSPS) is 19.7. The highest BCUT2D eigenvalue weighted by Crippen LogP contribution is 2.37. The molecule has 0 radical (unpaired) electrons. The predicted octanol–water partition coefficient (Wildman–Crippen LogP) is 2.39. The highest BCUT2D eigenvalue weighted by molar-refractivity contribution is 6.43. The van der Waals surface area contributed by atoms with E-state index >= 15 is 0 Å². The monoisotopic (exact) mass is 240 g/mol. The molecule has 1 unspecified atom stereocenters. The molecule has 0 spiro atoms. The molecular weight excluding hydrogens is 228 g/mol. The predicted molar refractivity (Wildman–Crippen MR) is 69.5 cm³/mol. The van der Waals surface area contributed by atoms with E-state index in [9.17, 15) is 4.79 Å². The van der Waals surface area contributed by atoms with Gasteiger partial charge in [0.25, 0.3) is 0 Å². The molecule has 0 bridgehead atoms. The summed E-state index contributed by atoms with van der Waals surface area (Å²) < 4.78 is 4.93. The third kappa shape index (κ3) is 1.66. The first-order chi connectivity index (χ1) is 8.79. The number of hydrogen-bond donors (Lipinski definition) is 0. The van der Waals surface area contributed by atoms with Crippen molar-refractivity contribution in [2.24, 2.45) is 9.98 Å². The fourth-order valence-corrected chi connectivity index (χ4v) is 2.14. The number of esters is 1. The summed E-state index contributed by atoms with van der Waals surface area (Å²) in [6.45, 7) is 2.12. The zero-order valence-electron chi connectivity index (χ0n) is 9.96. The first kappa shape index (κ1) is 10.9. The van der Waals surface area contributed by atoms with E-state index < -0.39 is 5.97 Å². The van der Waals surface area contributed by atoms with Crippen molar-refractivity contribution in [3.05, 3.63) is 42.0 Å². The zero-order valence-corrected chi connectivity index (χ0v) is 9.96. The van der Waals surface area contributed by atoms with Gasteiger partial charge in [0.2, 0.25) is 0 Å². The second kappa shape index (κ2) is 4.22. The number of carbonyl (C=O) groups is 1. The Bertz CT molecular complexity index is 600. The van der Waals surface area contributed by atoms with Gasteiger partial charge in [-0.3, -0.25) is 0 Å². The molecule has 90 valence electrons. The number of ether oxygens (including phenoxy) is 1. The molecule has 2 heterocycles. The summed E-state index contributed by atoms with van der Waals surface area (Å²) in [5.41, 5.74) is 2.38. The molecular formula is C14H12N2O2. The lowest BCUT2D eigenvalue weighted by Gasteiger charge is -2.12. The van der Waals surface area contributed by atoms with E-state index in [2.05, 4.69) is 9.98 Å². The number of para-hydroxylation sites is 1. The number of hydrogen-bond acceptors (Lipinski definition) is 4. The maximum atomic E-state index is 11.6. The van der Waals surface area contributed by atoms with Gasteiger partial charge in [-0.25, -0.2) is 14.8 Å². The van der Waals surface area contributed by atoms with Crippen LogP contribution in [0.15, 0.2) is 46.4 Å². The Morgan fingerprint density at radius 2 is 2.17 bits per heavy atom. The molecule has 0 aromatic heterocycles. The van der Waals surface area contributed by atoms with Gasteiger partial charge in [0.15, 0.2) is 0 Å². The van der Waals surface area contributed by atoms with Crippen LogP contribution in [0.25, 0.3) is 0 Å². The van der Waals surface area contributed by atoms with E-state index in [0.717, 1.165) is 11.3 Å². The first-order valence-corrected chi connectivity index (χ1v) is 5.91. The molecule has 0 saturated heterocycles. The summed E-state index contributed by atoms with van der Waals surface area (Å²) in [5, 5.41) is 0. The fourth-order valence-electron chi connectivity index (χ4n) is 2.14. The number of benzene rings is 1. The molecule has 1 aromatic rings. The third-order valence-corrected chi connectivity index (χ3v) is 2.95. The summed E-state index contributed by atoms with van der Waals surface area (Å²) in [5.74, 6) is 0.340. The lowest BCUT2D eigenvalue weighted by molar-refractivity contribution is -0.134. The van der Waals surface area contributed by atoms with Crippen molar-refractivity contribution >= 4 is 23.2 Å². The van der Waals surface area contributed by atoms with Gasteiger partial charge in [0.1, 0.15) is 11.5 Å². The topological polar surface area (TPSA) is 51.0 Å². The van der Waals surface area contributed by atoms with Crippen LogP contribution in [0.4, 0.5) is 5.69 Å². The van der Waals surface area contributed by atoms with Gasteiger partial charge in [0, 0.05) is 0 Å². The van der Waals surface area contributed by atoms with E-state index in [1.165, 1.54) is 0 Å². The highest BCUT2D eigenvalue weighted by atomic mass is 16.5. The van der Waals surface area contributed by atoms with E-state index in [1.807, 2.05) is 30.3 Å². The number of nitrogens with zero attached hydrogens (tertiary/aromatic N) is 2. The Morgan fingerprint density at radius 1 is 1.33 bits per heavy atom. The van der Waals surface area contributed by atoms with E-state index in [1.54, 1.807) is 13.0 Å². The minimum atomic E-state index is -0.397. The molecule has 4 heteroatoms. The number of rotatable bonds is 2. The number of amidine groups is 1. The molecule has 18 heavy (non-hydrogen) atoms. The van der Waals surface area contributed by atoms with Crippen LogP contribution in [0.3, 0.4) is 0 Å². The average Bonchev–Trinajstić information content (AvgIpc) is 2.76. The Hall–Kier alpha value is -2.23. The van der Waals surface area contributed by atoms with Crippen molar-refractivity contribution in [3.8, 4) is 0 Å². The van der Waals surface area contributed by atoms with Gasteiger partial charge in [-0.1, -0.05) is 24.3 Å². The van der Waals surface area contributed by atoms with Crippen LogP contribution in [0.5, 0.6) is 0 Å². The first-order valence-electron chi connectivity index (χ1n) is 5.91. The summed E-state index contributed by atoms with van der Waals surface area (Å²) in [6, 6.07) is 7.91.